The van der Waals surface area contributed by atoms with Crippen LogP contribution >= 0.6 is 0 Å². The second kappa shape index (κ2) is 5.03. The summed E-state index contributed by atoms with van der Waals surface area (Å²) in [6.45, 7) is 7.11. The third-order valence-corrected chi connectivity index (χ3v) is 3.14. The second-order valence-electron chi connectivity index (χ2n) is 3.92. The summed E-state index contributed by atoms with van der Waals surface area (Å²) in [5, 5.41) is 2.97. The van der Waals surface area contributed by atoms with E-state index in [-0.39, 0.29) is 0 Å². The third kappa shape index (κ3) is 2.42. The van der Waals surface area contributed by atoms with Crippen LogP contribution in [-0.4, -0.2) is 43.0 Å². The highest BCUT2D eigenvalue weighted by atomic mass is 19.3. The molecule has 14 heavy (non-hydrogen) atoms. The number of piperidine rings is 1. The normalized spacial score (nSPS) is 22.9. The zero-order chi connectivity index (χ0) is 10.6. The fourth-order valence-electron chi connectivity index (χ4n) is 2.09. The number of likely N-dealkylation sites (tertiary alicyclic amines) is 1. The van der Waals surface area contributed by atoms with E-state index >= 15 is 0 Å². The SMILES string of the molecule is CCNC1(C(F)F)CCN(CC)CC1. The molecule has 1 rings (SSSR count). The molecule has 0 atom stereocenters. The average Bonchev–Trinajstić information content (AvgIpc) is 2.19. The number of hydrogen-bond acceptors (Lipinski definition) is 2. The van der Waals surface area contributed by atoms with Crippen LogP contribution in [0.15, 0.2) is 0 Å². The van der Waals surface area contributed by atoms with E-state index in [4.69, 9.17) is 0 Å². The first-order chi connectivity index (χ1) is 6.64. The van der Waals surface area contributed by atoms with E-state index in [9.17, 15) is 8.78 Å². The molecule has 1 aliphatic rings. The van der Waals surface area contributed by atoms with Gasteiger partial charge in [-0.05, 0) is 25.9 Å². The lowest BCUT2D eigenvalue weighted by molar-refractivity contribution is -0.00920. The van der Waals surface area contributed by atoms with Crippen molar-refractivity contribution in [3.8, 4) is 0 Å². The predicted octanol–water partition coefficient (Wildman–Crippen LogP) is 1.72. The Morgan fingerprint density at radius 1 is 1.29 bits per heavy atom. The van der Waals surface area contributed by atoms with Crippen LogP contribution in [0.5, 0.6) is 0 Å². The summed E-state index contributed by atoms with van der Waals surface area (Å²) in [5.41, 5.74) is -0.916. The van der Waals surface area contributed by atoms with Crippen LogP contribution in [0.25, 0.3) is 0 Å². The summed E-state index contributed by atoms with van der Waals surface area (Å²) in [5.74, 6) is 0. The molecule has 4 heteroatoms. The molecule has 1 saturated heterocycles. The number of alkyl halides is 2. The van der Waals surface area contributed by atoms with Crippen LogP contribution in [0.3, 0.4) is 0 Å². The summed E-state index contributed by atoms with van der Waals surface area (Å²) in [6, 6.07) is 0. The number of nitrogens with zero attached hydrogens (tertiary/aromatic N) is 1. The highest BCUT2D eigenvalue weighted by Crippen LogP contribution is 2.28. The van der Waals surface area contributed by atoms with Gasteiger partial charge < -0.3 is 10.2 Å². The summed E-state index contributed by atoms with van der Waals surface area (Å²) in [6.07, 6.45) is -1.12. The number of rotatable bonds is 4. The van der Waals surface area contributed by atoms with Crippen molar-refractivity contribution in [3.05, 3.63) is 0 Å². The van der Waals surface area contributed by atoms with Crippen LogP contribution in [0.4, 0.5) is 8.78 Å². The molecule has 0 amide bonds. The molecule has 0 bridgehead atoms. The molecule has 2 nitrogen and oxygen atoms in total. The molecule has 1 N–H and O–H groups in total. The number of nitrogens with one attached hydrogen (secondary N) is 1. The second-order valence-corrected chi connectivity index (χ2v) is 3.92. The van der Waals surface area contributed by atoms with Gasteiger partial charge >= 0.3 is 0 Å². The van der Waals surface area contributed by atoms with Crippen molar-refractivity contribution in [2.45, 2.75) is 38.7 Å². The van der Waals surface area contributed by atoms with E-state index in [1.165, 1.54) is 0 Å². The van der Waals surface area contributed by atoms with Gasteiger partial charge in [-0.1, -0.05) is 13.8 Å². The molecule has 0 aromatic rings. The first kappa shape index (κ1) is 11.9. The maximum absolute atomic E-state index is 12.9. The Morgan fingerprint density at radius 3 is 2.21 bits per heavy atom. The minimum absolute atomic E-state index is 0.562. The molecule has 0 radical (unpaired) electrons. The van der Waals surface area contributed by atoms with Gasteiger partial charge in [0.15, 0.2) is 0 Å². The molecule has 0 aliphatic carbocycles. The highest BCUT2D eigenvalue weighted by Gasteiger charge is 2.41. The van der Waals surface area contributed by atoms with Gasteiger partial charge in [0.05, 0.1) is 5.54 Å². The zero-order valence-corrected chi connectivity index (χ0v) is 9.02. The van der Waals surface area contributed by atoms with E-state index in [2.05, 4.69) is 17.1 Å². The fraction of sp³-hybridized carbons (Fsp3) is 1.00. The Kier molecular flexibility index (Phi) is 4.26. The van der Waals surface area contributed by atoms with Crippen LogP contribution in [0, 0.1) is 0 Å². The third-order valence-electron chi connectivity index (χ3n) is 3.14. The molecule has 0 aromatic heterocycles. The van der Waals surface area contributed by atoms with Gasteiger partial charge in [0, 0.05) is 13.1 Å². The van der Waals surface area contributed by atoms with Crippen molar-refractivity contribution < 1.29 is 8.78 Å². The lowest BCUT2D eigenvalue weighted by atomic mass is 9.88. The van der Waals surface area contributed by atoms with E-state index in [0.717, 1.165) is 19.6 Å². The quantitative estimate of drug-likeness (QED) is 0.753. The monoisotopic (exact) mass is 206 g/mol. The van der Waals surface area contributed by atoms with Crippen molar-refractivity contribution in [1.82, 2.24) is 10.2 Å². The molecule has 1 aliphatic heterocycles. The average molecular weight is 206 g/mol. The van der Waals surface area contributed by atoms with Crippen molar-refractivity contribution in [1.29, 1.82) is 0 Å². The van der Waals surface area contributed by atoms with Crippen molar-refractivity contribution in [2.75, 3.05) is 26.2 Å². The minimum atomic E-state index is -2.25. The molecule has 84 valence electrons. The van der Waals surface area contributed by atoms with Crippen LogP contribution in [-0.2, 0) is 0 Å². The summed E-state index contributed by atoms with van der Waals surface area (Å²) < 4.78 is 25.8. The molecule has 1 heterocycles. The summed E-state index contributed by atoms with van der Waals surface area (Å²) in [4.78, 5) is 2.22. The van der Waals surface area contributed by atoms with E-state index in [1.807, 2.05) is 6.92 Å². The minimum Gasteiger partial charge on any atom is -0.307 e. The van der Waals surface area contributed by atoms with E-state index in [1.54, 1.807) is 0 Å². The summed E-state index contributed by atoms with van der Waals surface area (Å²) >= 11 is 0. The van der Waals surface area contributed by atoms with Crippen molar-refractivity contribution in [2.24, 2.45) is 0 Å². The Balaban J connectivity index is 2.55. The van der Waals surface area contributed by atoms with E-state index < -0.39 is 12.0 Å². The van der Waals surface area contributed by atoms with Gasteiger partial charge in [-0.2, -0.15) is 0 Å². The Bertz CT molecular complexity index is 166. The smallest absolute Gasteiger partial charge is 0.256 e. The molecular weight excluding hydrogens is 186 g/mol. The van der Waals surface area contributed by atoms with Crippen LogP contribution < -0.4 is 5.32 Å². The molecule has 0 spiro atoms. The maximum Gasteiger partial charge on any atom is 0.256 e. The topological polar surface area (TPSA) is 15.3 Å². The predicted molar refractivity (Wildman–Crippen MR) is 53.8 cm³/mol. The molecule has 0 saturated carbocycles. The van der Waals surface area contributed by atoms with Crippen molar-refractivity contribution >= 4 is 0 Å². The van der Waals surface area contributed by atoms with Gasteiger partial charge in [0.25, 0.3) is 6.43 Å². The lowest BCUT2D eigenvalue weighted by Gasteiger charge is -2.41. The highest BCUT2D eigenvalue weighted by molar-refractivity contribution is 4.95. The molecule has 0 unspecified atom stereocenters. The largest absolute Gasteiger partial charge is 0.307 e. The van der Waals surface area contributed by atoms with Gasteiger partial charge in [-0.3, -0.25) is 0 Å². The van der Waals surface area contributed by atoms with Gasteiger partial charge in [-0.15, -0.1) is 0 Å². The molecule has 1 fully saturated rings. The maximum atomic E-state index is 12.9. The van der Waals surface area contributed by atoms with Crippen LogP contribution in [0.1, 0.15) is 26.7 Å². The first-order valence-corrected chi connectivity index (χ1v) is 5.40. The van der Waals surface area contributed by atoms with Gasteiger partial charge in [-0.25, -0.2) is 8.78 Å². The fourth-order valence-corrected chi connectivity index (χ4v) is 2.09. The van der Waals surface area contributed by atoms with Gasteiger partial charge in [0.2, 0.25) is 0 Å². The first-order valence-electron chi connectivity index (χ1n) is 5.40. The number of hydrogen-bond donors (Lipinski definition) is 1. The van der Waals surface area contributed by atoms with Crippen LogP contribution in [0.2, 0.25) is 0 Å². The number of halogens is 2. The standard InChI is InChI=1S/C10H20F2N2/c1-3-13-10(9(11)12)5-7-14(4-2)8-6-10/h9,13H,3-8H2,1-2H3. The Labute approximate surface area is 84.7 Å². The Hall–Kier alpha value is -0.220. The zero-order valence-electron chi connectivity index (χ0n) is 9.02. The van der Waals surface area contributed by atoms with Crippen molar-refractivity contribution in [3.63, 3.8) is 0 Å². The lowest BCUT2D eigenvalue weighted by Crippen LogP contribution is -2.57. The molecule has 0 aromatic carbocycles. The Morgan fingerprint density at radius 2 is 1.86 bits per heavy atom. The van der Waals surface area contributed by atoms with Gasteiger partial charge in [0.1, 0.15) is 0 Å². The summed E-state index contributed by atoms with van der Waals surface area (Å²) in [7, 11) is 0. The van der Waals surface area contributed by atoms with E-state index in [0.29, 0.717) is 19.4 Å². The molecular formula is C10H20F2N2.